The van der Waals surface area contributed by atoms with Gasteiger partial charge in [0.1, 0.15) is 6.10 Å². The predicted octanol–water partition coefficient (Wildman–Crippen LogP) is 3.15. The molecule has 0 atom stereocenters. The van der Waals surface area contributed by atoms with Gasteiger partial charge in [0.05, 0.1) is 6.26 Å². The number of furan rings is 1. The third kappa shape index (κ3) is 6.11. The molecule has 0 radical (unpaired) electrons. The van der Waals surface area contributed by atoms with Crippen molar-refractivity contribution in [3.8, 4) is 5.88 Å². The molecular weight excluding hydrogens is 509 g/mol. The van der Waals surface area contributed by atoms with Crippen molar-refractivity contribution in [2.75, 3.05) is 33.2 Å². The van der Waals surface area contributed by atoms with Gasteiger partial charge in [-0.25, -0.2) is 4.98 Å². The highest BCUT2D eigenvalue weighted by Crippen LogP contribution is 2.22. The smallest absolute Gasteiger partial charge is 0.289 e. The standard InChI is InChI=1S/C22H29N5O3.HI/c1-23-22(27-12-10-26(11-13-27)21(28)19-7-4-14-29-19)25-16-17-8-9-20(24-15-17)30-18-5-2-3-6-18;/h4,7-9,14-15,18H,2-3,5-6,10-13,16H2,1H3,(H,23,25);1H. The molecule has 3 heterocycles. The zero-order chi connectivity index (χ0) is 20.8. The molecule has 2 aromatic rings. The van der Waals surface area contributed by atoms with E-state index in [1.807, 2.05) is 23.2 Å². The molecule has 9 heteroatoms. The van der Waals surface area contributed by atoms with Crippen LogP contribution in [0.15, 0.2) is 46.1 Å². The van der Waals surface area contributed by atoms with Crippen LogP contribution in [0, 0.1) is 0 Å². The Labute approximate surface area is 200 Å². The molecule has 0 spiro atoms. The highest BCUT2D eigenvalue weighted by atomic mass is 127. The fourth-order valence-corrected chi connectivity index (χ4v) is 3.95. The maximum absolute atomic E-state index is 12.4. The Bertz CT molecular complexity index is 843. The third-order valence-electron chi connectivity index (χ3n) is 5.65. The molecule has 1 saturated carbocycles. The van der Waals surface area contributed by atoms with E-state index in [0.717, 1.165) is 37.5 Å². The van der Waals surface area contributed by atoms with Gasteiger partial charge in [-0.2, -0.15) is 0 Å². The van der Waals surface area contributed by atoms with Crippen LogP contribution in [-0.2, 0) is 6.54 Å². The van der Waals surface area contributed by atoms with Gasteiger partial charge in [0, 0.05) is 52.0 Å². The molecule has 1 aliphatic carbocycles. The fraction of sp³-hybridized carbons (Fsp3) is 0.500. The molecule has 2 fully saturated rings. The molecule has 168 valence electrons. The van der Waals surface area contributed by atoms with Crippen molar-refractivity contribution in [2.24, 2.45) is 4.99 Å². The number of amides is 1. The molecule has 1 saturated heterocycles. The van der Waals surface area contributed by atoms with E-state index in [4.69, 9.17) is 9.15 Å². The van der Waals surface area contributed by atoms with Crippen molar-refractivity contribution in [1.29, 1.82) is 0 Å². The molecule has 1 N–H and O–H groups in total. The van der Waals surface area contributed by atoms with Crippen LogP contribution < -0.4 is 10.1 Å². The number of carbonyl (C=O) groups excluding carboxylic acids is 1. The van der Waals surface area contributed by atoms with Gasteiger partial charge in [0.25, 0.3) is 5.91 Å². The number of ether oxygens (including phenoxy) is 1. The molecule has 2 aliphatic rings. The normalized spacial score (nSPS) is 17.4. The molecule has 1 amide bonds. The molecule has 0 aromatic carbocycles. The van der Waals surface area contributed by atoms with Gasteiger partial charge in [-0.3, -0.25) is 9.79 Å². The summed E-state index contributed by atoms with van der Waals surface area (Å²) in [4.78, 5) is 25.2. The van der Waals surface area contributed by atoms with Crippen LogP contribution in [0.2, 0.25) is 0 Å². The second kappa shape index (κ2) is 11.4. The van der Waals surface area contributed by atoms with Crippen LogP contribution in [-0.4, -0.2) is 66.0 Å². The average molecular weight is 539 g/mol. The summed E-state index contributed by atoms with van der Waals surface area (Å²) in [5.41, 5.74) is 1.07. The summed E-state index contributed by atoms with van der Waals surface area (Å²) in [6, 6.07) is 7.42. The van der Waals surface area contributed by atoms with E-state index in [0.29, 0.717) is 37.4 Å². The zero-order valence-electron chi connectivity index (χ0n) is 17.8. The van der Waals surface area contributed by atoms with Crippen LogP contribution in [0.5, 0.6) is 5.88 Å². The molecule has 2 aromatic heterocycles. The minimum absolute atomic E-state index is 0. The number of piperazine rings is 1. The molecular formula is C22H30IN5O3. The number of aromatic nitrogens is 1. The number of aliphatic imine (C=N–C) groups is 1. The number of halogens is 1. The second-order valence-electron chi connectivity index (χ2n) is 7.69. The zero-order valence-corrected chi connectivity index (χ0v) is 20.2. The highest BCUT2D eigenvalue weighted by Gasteiger charge is 2.25. The SMILES string of the molecule is CN=C(NCc1ccc(OC2CCCC2)nc1)N1CCN(C(=O)c2ccco2)CC1.I. The summed E-state index contributed by atoms with van der Waals surface area (Å²) in [5.74, 6) is 1.85. The Balaban J connectivity index is 0.00000272. The van der Waals surface area contributed by atoms with Gasteiger partial charge in [0.15, 0.2) is 11.7 Å². The first kappa shape index (κ1) is 23.4. The van der Waals surface area contributed by atoms with Crippen LogP contribution in [0.1, 0.15) is 41.8 Å². The number of nitrogens with zero attached hydrogens (tertiary/aromatic N) is 4. The number of carbonyl (C=O) groups is 1. The van der Waals surface area contributed by atoms with Gasteiger partial charge in [0.2, 0.25) is 5.88 Å². The Morgan fingerprint density at radius 2 is 1.94 bits per heavy atom. The van der Waals surface area contributed by atoms with Crippen LogP contribution in [0.3, 0.4) is 0 Å². The first-order valence-corrected chi connectivity index (χ1v) is 10.6. The lowest BCUT2D eigenvalue weighted by atomic mass is 10.2. The van der Waals surface area contributed by atoms with Crippen LogP contribution in [0.25, 0.3) is 0 Å². The monoisotopic (exact) mass is 539 g/mol. The van der Waals surface area contributed by atoms with E-state index in [9.17, 15) is 4.79 Å². The summed E-state index contributed by atoms with van der Waals surface area (Å²) in [5, 5.41) is 3.39. The summed E-state index contributed by atoms with van der Waals surface area (Å²) in [6.07, 6.45) is 8.44. The summed E-state index contributed by atoms with van der Waals surface area (Å²) < 4.78 is 11.1. The van der Waals surface area contributed by atoms with E-state index in [-0.39, 0.29) is 29.9 Å². The lowest BCUT2D eigenvalue weighted by Crippen LogP contribution is -2.53. The number of pyridine rings is 1. The third-order valence-corrected chi connectivity index (χ3v) is 5.65. The first-order valence-electron chi connectivity index (χ1n) is 10.6. The Kier molecular flexibility index (Phi) is 8.56. The maximum atomic E-state index is 12.4. The molecule has 0 bridgehead atoms. The Hall–Kier alpha value is -2.30. The number of guanidine groups is 1. The van der Waals surface area contributed by atoms with Gasteiger partial charge < -0.3 is 24.3 Å². The number of rotatable bonds is 5. The van der Waals surface area contributed by atoms with Crippen molar-refractivity contribution in [1.82, 2.24) is 20.1 Å². The van der Waals surface area contributed by atoms with Crippen molar-refractivity contribution < 1.29 is 13.9 Å². The minimum atomic E-state index is -0.0615. The number of hydrogen-bond donors (Lipinski definition) is 1. The van der Waals surface area contributed by atoms with Crippen molar-refractivity contribution in [3.63, 3.8) is 0 Å². The Morgan fingerprint density at radius 1 is 1.19 bits per heavy atom. The summed E-state index contributed by atoms with van der Waals surface area (Å²) in [6.45, 7) is 3.34. The van der Waals surface area contributed by atoms with Crippen LogP contribution >= 0.6 is 24.0 Å². The van der Waals surface area contributed by atoms with E-state index in [1.54, 1.807) is 19.2 Å². The quantitative estimate of drug-likeness (QED) is 0.357. The molecule has 31 heavy (non-hydrogen) atoms. The first-order chi connectivity index (χ1) is 14.7. The lowest BCUT2D eigenvalue weighted by Gasteiger charge is -2.36. The molecule has 8 nitrogen and oxygen atoms in total. The van der Waals surface area contributed by atoms with E-state index in [2.05, 4.69) is 20.2 Å². The average Bonchev–Trinajstić information content (AvgIpc) is 3.50. The van der Waals surface area contributed by atoms with Gasteiger partial charge >= 0.3 is 0 Å². The number of hydrogen-bond acceptors (Lipinski definition) is 5. The van der Waals surface area contributed by atoms with E-state index >= 15 is 0 Å². The summed E-state index contributed by atoms with van der Waals surface area (Å²) >= 11 is 0. The van der Waals surface area contributed by atoms with Crippen molar-refractivity contribution in [3.05, 3.63) is 48.0 Å². The maximum Gasteiger partial charge on any atom is 0.289 e. The van der Waals surface area contributed by atoms with Gasteiger partial charge in [-0.05, 0) is 43.4 Å². The fourth-order valence-electron chi connectivity index (χ4n) is 3.95. The highest BCUT2D eigenvalue weighted by molar-refractivity contribution is 14.0. The lowest BCUT2D eigenvalue weighted by molar-refractivity contribution is 0.0657. The van der Waals surface area contributed by atoms with Crippen molar-refractivity contribution in [2.45, 2.75) is 38.3 Å². The Morgan fingerprint density at radius 3 is 2.55 bits per heavy atom. The van der Waals surface area contributed by atoms with E-state index in [1.165, 1.54) is 19.1 Å². The second-order valence-corrected chi connectivity index (χ2v) is 7.69. The number of nitrogens with one attached hydrogen (secondary N) is 1. The van der Waals surface area contributed by atoms with Gasteiger partial charge in [-0.1, -0.05) is 6.07 Å². The van der Waals surface area contributed by atoms with E-state index < -0.39 is 0 Å². The summed E-state index contributed by atoms with van der Waals surface area (Å²) in [7, 11) is 1.78. The van der Waals surface area contributed by atoms with Gasteiger partial charge in [-0.15, -0.1) is 24.0 Å². The minimum Gasteiger partial charge on any atom is -0.474 e. The topological polar surface area (TPSA) is 83.2 Å². The predicted molar refractivity (Wildman–Crippen MR) is 129 cm³/mol. The molecule has 1 aliphatic heterocycles. The molecule has 0 unspecified atom stereocenters. The largest absolute Gasteiger partial charge is 0.474 e. The van der Waals surface area contributed by atoms with Crippen molar-refractivity contribution >= 4 is 35.8 Å². The van der Waals surface area contributed by atoms with Crippen LogP contribution in [0.4, 0.5) is 0 Å². The molecule has 4 rings (SSSR count).